The van der Waals surface area contributed by atoms with E-state index in [1.807, 2.05) is 0 Å². The van der Waals surface area contributed by atoms with Gasteiger partial charge < -0.3 is 9.80 Å². The molecule has 0 aliphatic heterocycles. The molecule has 2 aliphatic rings. The molecule has 0 amide bonds. The van der Waals surface area contributed by atoms with Crippen LogP contribution in [0.1, 0.15) is 44.5 Å². The summed E-state index contributed by atoms with van der Waals surface area (Å²) in [6, 6.07) is 209. The van der Waals surface area contributed by atoms with Crippen LogP contribution in [0.4, 0.5) is 34.1 Å². The first-order valence-electron chi connectivity index (χ1n) is 48.6. The molecular weight excluding hydrogens is 1690 g/mol. The zero-order valence-electron chi connectivity index (χ0n) is 77.0. The molecule has 0 unspecified atom stereocenters. The molecular formula is C138H92N2. The molecule has 2 nitrogen and oxygen atoms in total. The summed E-state index contributed by atoms with van der Waals surface area (Å²) in [6.07, 6.45) is 0. The van der Waals surface area contributed by atoms with Gasteiger partial charge in [-0.05, 0) is 249 Å². The molecule has 0 fully saturated rings. The molecule has 140 heavy (non-hydrogen) atoms. The van der Waals surface area contributed by atoms with Gasteiger partial charge in [0.15, 0.2) is 0 Å². The molecule has 0 atom stereocenters. The molecule has 0 radical (unpaired) electrons. The van der Waals surface area contributed by atoms with Gasteiger partial charge in [-0.15, -0.1) is 0 Å². The molecule has 0 saturated carbocycles. The van der Waals surface area contributed by atoms with E-state index in [0.717, 1.165) is 139 Å². The lowest BCUT2D eigenvalue weighted by atomic mass is 9.68. The smallest absolute Gasteiger partial charge is 0.0713 e. The zero-order chi connectivity index (χ0) is 92.6. The van der Waals surface area contributed by atoms with Crippen LogP contribution in [0.2, 0.25) is 0 Å². The highest BCUT2D eigenvalue weighted by Crippen LogP contribution is 2.62. The highest BCUT2D eigenvalue weighted by atomic mass is 15.2. The second-order valence-electron chi connectivity index (χ2n) is 37.0. The van der Waals surface area contributed by atoms with Gasteiger partial charge in [-0.1, -0.05) is 497 Å². The van der Waals surface area contributed by atoms with E-state index in [-0.39, 0.29) is 0 Å². The average molecular weight is 1780 g/mol. The maximum absolute atomic E-state index is 2.59. The minimum absolute atomic E-state index is 0.582. The van der Waals surface area contributed by atoms with Crippen LogP contribution in [0.15, 0.2) is 558 Å². The molecule has 0 saturated heterocycles. The molecule has 0 N–H and O–H groups in total. The molecule has 2 heteroatoms. The lowest BCUT2D eigenvalue weighted by molar-refractivity contribution is 0.768. The fourth-order valence-electron chi connectivity index (χ4n) is 23.5. The Hall–Kier alpha value is -18.1. The molecule has 0 heterocycles. The van der Waals surface area contributed by atoms with E-state index in [1.165, 1.54) is 105 Å². The summed E-state index contributed by atoms with van der Waals surface area (Å²) in [5.74, 6) is 0. The maximum Gasteiger partial charge on any atom is 0.0713 e. The van der Waals surface area contributed by atoms with Gasteiger partial charge in [0.05, 0.1) is 22.2 Å². The first-order chi connectivity index (χ1) is 69.5. The lowest BCUT2D eigenvalue weighted by Crippen LogP contribution is -2.28. The van der Waals surface area contributed by atoms with E-state index in [1.54, 1.807) is 0 Å². The van der Waals surface area contributed by atoms with Gasteiger partial charge in [-0.25, -0.2) is 0 Å². The summed E-state index contributed by atoms with van der Waals surface area (Å²) in [4.78, 5) is 5.17. The second kappa shape index (κ2) is 34.7. The zero-order valence-corrected chi connectivity index (χ0v) is 77.0. The summed E-state index contributed by atoms with van der Waals surface area (Å²) in [6.45, 7) is 0. The Morgan fingerprint density at radius 1 is 0.121 bits per heavy atom. The van der Waals surface area contributed by atoms with Crippen molar-refractivity contribution in [2.45, 2.75) is 10.8 Å². The number of nitrogens with zero attached hydrogens (tertiary/aromatic N) is 2. The minimum atomic E-state index is -0.587. The average Bonchev–Trinajstić information content (AvgIpc) is 1.53. The van der Waals surface area contributed by atoms with Crippen LogP contribution in [-0.2, 0) is 10.8 Å². The van der Waals surface area contributed by atoms with Crippen molar-refractivity contribution in [3.63, 3.8) is 0 Å². The van der Waals surface area contributed by atoms with Gasteiger partial charge >= 0.3 is 0 Å². The molecule has 654 valence electrons. The van der Waals surface area contributed by atoms with Crippen LogP contribution in [0.3, 0.4) is 0 Å². The monoisotopic (exact) mass is 1780 g/mol. The summed E-state index contributed by atoms with van der Waals surface area (Å²) in [5.41, 5.74) is 40.6. The Kier molecular flexibility index (Phi) is 20.5. The third kappa shape index (κ3) is 13.6. The first kappa shape index (κ1) is 82.6. The van der Waals surface area contributed by atoms with Crippen molar-refractivity contribution in [2.24, 2.45) is 0 Å². The maximum atomic E-state index is 2.59. The van der Waals surface area contributed by atoms with Crippen LogP contribution in [-0.4, -0.2) is 0 Å². The Labute approximate surface area is 816 Å². The van der Waals surface area contributed by atoms with Crippen LogP contribution in [0, 0.1) is 0 Å². The number of hydrogen-bond acceptors (Lipinski definition) is 2. The number of benzene rings is 24. The van der Waals surface area contributed by atoms with E-state index in [9.17, 15) is 0 Å². The lowest BCUT2D eigenvalue weighted by Gasteiger charge is -2.34. The SMILES string of the molecule is c1ccc(-c2ccc(N(c3ccc4c(c3)-c3ccccc3C4(c3ccccc3)c3ccccc3)c3c(-c4cccc(-c5ccc(-c6ccc(-c7ccc(N(c8ccc9c(c8)-c8ccccc8C9(c8ccccc8)c8ccccc8)c8c(-c9ccccc9-c9ccccc9)c9ccccc9c9ccccc89)cc7)c(-c7ccccc7)c6)cc5)c4)c4ccccc4c4ccccc34)cc2-c2ccccc2)cc1. The molecule has 26 rings (SSSR count). The number of anilines is 6. The van der Waals surface area contributed by atoms with Gasteiger partial charge in [0.25, 0.3) is 0 Å². The van der Waals surface area contributed by atoms with E-state index >= 15 is 0 Å². The molecule has 0 spiro atoms. The van der Waals surface area contributed by atoms with Crippen molar-refractivity contribution >= 4 is 77.2 Å². The van der Waals surface area contributed by atoms with Gasteiger partial charge in [0, 0.05) is 44.6 Å². The third-order valence-corrected chi connectivity index (χ3v) is 29.6. The summed E-state index contributed by atoms with van der Waals surface area (Å²) < 4.78 is 0. The molecule has 0 aromatic heterocycles. The van der Waals surface area contributed by atoms with Crippen LogP contribution >= 0.6 is 0 Å². The predicted molar refractivity (Wildman–Crippen MR) is 589 cm³/mol. The quantitative estimate of drug-likeness (QED) is 0.0745. The minimum Gasteiger partial charge on any atom is -0.309 e. The second-order valence-corrected chi connectivity index (χ2v) is 37.0. The van der Waals surface area contributed by atoms with E-state index in [0.29, 0.717) is 0 Å². The summed E-state index contributed by atoms with van der Waals surface area (Å²) in [7, 11) is 0. The largest absolute Gasteiger partial charge is 0.309 e. The highest BCUT2D eigenvalue weighted by Gasteiger charge is 2.48. The molecule has 2 aliphatic carbocycles. The fraction of sp³-hybridized carbons (Fsp3) is 0.0145. The van der Waals surface area contributed by atoms with E-state index in [4.69, 9.17) is 0 Å². The van der Waals surface area contributed by atoms with Crippen LogP contribution < -0.4 is 9.80 Å². The van der Waals surface area contributed by atoms with Gasteiger partial charge in [0.2, 0.25) is 0 Å². The van der Waals surface area contributed by atoms with Crippen molar-refractivity contribution < 1.29 is 0 Å². The van der Waals surface area contributed by atoms with Gasteiger partial charge in [-0.3, -0.25) is 0 Å². The number of hydrogen-bond donors (Lipinski definition) is 0. The van der Waals surface area contributed by atoms with Crippen molar-refractivity contribution in [1.82, 2.24) is 0 Å². The Bertz CT molecular complexity index is 8790. The Morgan fingerprint density at radius 3 is 0.821 bits per heavy atom. The van der Waals surface area contributed by atoms with Crippen molar-refractivity contribution in [2.75, 3.05) is 9.80 Å². The van der Waals surface area contributed by atoms with Crippen molar-refractivity contribution in [1.29, 1.82) is 0 Å². The Morgan fingerprint density at radius 2 is 0.379 bits per heavy atom. The normalized spacial score (nSPS) is 12.5. The van der Waals surface area contributed by atoms with E-state index < -0.39 is 10.8 Å². The first-order valence-corrected chi connectivity index (χ1v) is 48.6. The van der Waals surface area contributed by atoms with Gasteiger partial charge in [-0.2, -0.15) is 0 Å². The number of rotatable bonds is 19. The standard InChI is InChI=1S/C138H92N2/c1-9-40-95(41-10-1)111-58-25-30-65-120(111)134-122-67-32-27-60-115(122)117-62-29-34-69-124(117)136(134)139(109-82-86-131-127(91-109)118-63-35-37-70-129(118)137(131,103-50-17-5-18-51-103)104-52-19-6-20-53-104)107-79-76-99(77-80-107)112-84-78-101(89-125(112)97-44-13-3-14-45-97)94-74-72-93(73-75-94)100-48-39-49-102(88-100)133-121-66-31-26-59-114(121)116-61-28-33-68-123(116)135(133)140(108-81-85-113(96-42-11-2-12-43-96)126(90-108)98-46-15-4-16-47-98)110-83-87-132-128(92-110)119-64-36-38-71-130(119)138(132,105-54-21-7-22-55-105)106-56-23-8-24-57-106/h1-92H. The third-order valence-electron chi connectivity index (χ3n) is 29.6. The Balaban J connectivity index is 0.613. The molecule has 0 bridgehead atoms. The van der Waals surface area contributed by atoms with Crippen molar-refractivity contribution in [3.05, 3.63) is 603 Å². The van der Waals surface area contributed by atoms with Crippen LogP contribution in [0.25, 0.3) is 165 Å². The summed E-state index contributed by atoms with van der Waals surface area (Å²) >= 11 is 0. The fourth-order valence-corrected chi connectivity index (χ4v) is 23.5. The van der Waals surface area contributed by atoms with Crippen molar-refractivity contribution in [3.8, 4) is 122 Å². The van der Waals surface area contributed by atoms with E-state index in [2.05, 4.69) is 568 Å². The molecule has 24 aromatic rings. The van der Waals surface area contributed by atoms with Crippen LogP contribution in [0.5, 0.6) is 0 Å². The predicted octanol–water partition coefficient (Wildman–Crippen LogP) is 37.0. The summed E-state index contributed by atoms with van der Waals surface area (Å²) in [5, 5.41) is 9.41. The highest BCUT2D eigenvalue weighted by molar-refractivity contribution is 6.25. The van der Waals surface area contributed by atoms with Gasteiger partial charge in [0.1, 0.15) is 0 Å². The topological polar surface area (TPSA) is 6.48 Å². The number of fused-ring (bicyclic) bond motifs is 12. The molecule has 24 aromatic carbocycles.